The van der Waals surface area contributed by atoms with Gasteiger partial charge in [0.2, 0.25) is 0 Å². The summed E-state index contributed by atoms with van der Waals surface area (Å²) in [7, 11) is 1.72. The molecule has 6 heteroatoms. The van der Waals surface area contributed by atoms with Gasteiger partial charge < -0.3 is 19.7 Å². The third kappa shape index (κ3) is 5.06. The fourth-order valence-corrected chi connectivity index (χ4v) is 3.34. The molecule has 2 unspecified atom stereocenters. The van der Waals surface area contributed by atoms with Crippen LogP contribution in [0.4, 0.5) is 4.79 Å². The largest absolute Gasteiger partial charge is 0.444 e. The SMILES string of the molecule is CO[C@H]1CN(C(=O)OC(C)(C)C)CC1NC1CCN(C(C)C)C1. The number of methoxy groups -OCH3 is 1. The fraction of sp³-hybridized carbons (Fsp3) is 0.941. The first-order chi connectivity index (χ1) is 10.7. The Morgan fingerprint density at radius 1 is 1.22 bits per heavy atom. The Balaban J connectivity index is 1.88. The second kappa shape index (κ2) is 7.36. The predicted molar refractivity (Wildman–Crippen MR) is 90.6 cm³/mol. The van der Waals surface area contributed by atoms with Crippen molar-refractivity contribution in [3.8, 4) is 0 Å². The molecule has 0 spiro atoms. The molecule has 2 rings (SSSR count). The summed E-state index contributed by atoms with van der Waals surface area (Å²) in [5.41, 5.74) is -0.464. The second-order valence-electron chi connectivity index (χ2n) is 8.01. The van der Waals surface area contributed by atoms with Crippen molar-refractivity contribution < 1.29 is 14.3 Å². The lowest BCUT2D eigenvalue weighted by atomic mass is 10.1. The van der Waals surface area contributed by atoms with Gasteiger partial charge in [-0.2, -0.15) is 0 Å². The molecule has 134 valence electrons. The molecule has 0 radical (unpaired) electrons. The molecule has 1 N–H and O–H groups in total. The van der Waals surface area contributed by atoms with Gasteiger partial charge in [-0.3, -0.25) is 4.90 Å². The lowest BCUT2D eigenvalue weighted by molar-refractivity contribution is 0.0252. The van der Waals surface area contributed by atoms with E-state index < -0.39 is 5.60 Å². The summed E-state index contributed by atoms with van der Waals surface area (Å²) in [6.07, 6.45) is 0.923. The Kier molecular flexibility index (Phi) is 5.92. The van der Waals surface area contributed by atoms with Crippen LogP contribution in [0.1, 0.15) is 41.0 Å². The summed E-state index contributed by atoms with van der Waals surface area (Å²) >= 11 is 0. The van der Waals surface area contributed by atoms with Gasteiger partial charge in [0.05, 0.1) is 18.7 Å². The van der Waals surface area contributed by atoms with Crippen molar-refractivity contribution in [2.75, 3.05) is 33.3 Å². The molecule has 1 amide bonds. The number of rotatable bonds is 4. The van der Waals surface area contributed by atoms with Crippen LogP contribution in [-0.4, -0.2) is 79.0 Å². The van der Waals surface area contributed by atoms with E-state index >= 15 is 0 Å². The van der Waals surface area contributed by atoms with E-state index in [2.05, 4.69) is 24.1 Å². The molecular weight excluding hydrogens is 294 g/mol. The molecule has 23 heavy (non-hydrogen) atoms. The monoisotopic (exact) mass is 327 g/mol. The minimum absolute atomic E-state index is 0.0237. The molecule has 6 nitrogen and oxygen atoms in total. The maximum Gasteiger partial charge on any atom is 0.410 e. The molecule has 3 atom stereocenters. The Hall–Kier alpha value is -0.850. The predicted octanol–water partition coefficient (Wildman–Crippen LogP) is 1.69. The van der Waals surface area contributed by atoms with E-state index in [-0.39, 0.29) is 18.2 Å². The number of nitrogens with zero attached hydrogens (tertiary/aromatic N) is 2. The highest BCUT2D eigenvalue weighted by atomic mass is 16.6. The second-order valence-corrected chi connectivity index (χ2v) is 8.01. The van der Waals surface area contributed by atoms with Gasteiger partial charge in [-0.25, -0.2) is 4.79 Å². The Morgan fingerprint density at radius 3 is 2.43 bits per heavy atom. The quantitative estimate of drug-likeness (QED) is 0.852. The number of carbonyl (C=O) groups excluding carboxylic acids is 1. The van der Waals surface area contributed by atoms with Crippen molar-refractivity contribution in [1.82, 2.24) is 15.1 Å². The number of hydrogen-bond donors (Lipinski definition) is 1. The van der Waals surface area contributed by atoms with Crippen molar-refractivity contribution in [1.29, 1.82) is 0 Å². The fourth-order valence-electron chi connectivity index (χ4n) is 3.34. The van der Waals surface area contributed by atoms with E-state index in [4.69, 9.17) is 9.47 Å². The van der Waals surface area contributed by atoms with Crippen LogP contribution in [0.2, 0.25) is 0 Å². The first-order valence-corrected chi connectivity index (χ1v) is 8.70. The van der Waals surface area contributed by atoms with Gasteiger partial charge in [0.1, 0.15) is 5.60 Å². The third-order valence-corrected chi connectivity index (χ3v) is 4.62. The zero-order valence-corrected chi connectivity index (χ0v) is 15.5. The average molecular weight is 327 g/mol. The van der Waals surface area contributed by atoms with E-state index in [9.17, 15) is 4.79 Å². The maximum atomic E-state index is 12.3. The molecular formula is C17H33N3O3. The molecule has 2 aliphatic rings. The molecule has 2 aliphatic heterocycles. The van der Waals surface area contributed by atoms with Crippen molar-refractivity contribution in [2.45, 2.75) is 70.9 Å². The first-order valence-electron chi connectivity index (χ1n) is 8.70. The van der Waals surface area contributed by atoms with Crippen LogP contribution in [0, 0.1) is 0 Å². The number of carbonyl (C=O) groups is 1. The Bertz CT molecular complexity index is 408. The van der Waals surface area contributed by atoms with Gasteiger partial charge in [-0.05, 0) is 47.6 Å². The summed E-state index contributed by atoms with van der Waals surface area (Å²) < 4.78 is 11.1. The smallest absolute Gasteiger partial charge is 0.410 e. The molecule has 0 bridgehead atoms. The van der Waals surface area contributed by atoms with Gasteiger partial charge in [0, 0.05) is 32.3 Å². The molecule has 0 aromatic heterocycles. The van der Waals surface area contributed by atoms with Crippen LogP contribution in [0.3, 0.4) is 0 Å². The summed E-state index contributed by atoms with van der Waals surface area (Å²) in [4.78, 5) is 16.5. The minimum atomic E-state index is -0.464. The zero-order valence-electron chi connectivity index (χ0n) is 15.5. The lowest BCUT2D eigenvalue weighted by Gasteiger charge is -2.25. The van der Waals surface area contributed by atoms with E-state index in [0.29, 0.717) is 25.2 Å². The van der Waals surface area contributed by atoms with Crippen molar-refractivity contribution in [3.05, 3.63) is 0 Å². The van der Waals surface area contributed by atoms with Crippen molar-refractivity contribution in [3.63, 3.8) is 0 Å². The molecule has 2 heterocycles. The lowest BCUT2D eigenvalue weighted by Crippen LogP contribution is -2.47. The maximum absolute atomic E-state index is 12.3. The van der Waals surface area contributed by atoms with Crippen molar-refractivity contribution in [2.24, 2.45) is 0 Å². The van der Waals surface area contributed by atoms with Crippen LogP contribution in [0.5, 0.6) is 0 Å². The van der Waals surface area contributed by atoms with Crippen LogP contribution < -0.4 is 5.32 Å². The summed E-state index contributed by atoms with van der Waals surface area (Å²) in [5, 5.41) is 3.70. The van der Waals surface area contributed by atoms with Gasteiger partial charge in [-0.1, -0.05) is 0 Å². The van der Waals surface area contributed by atoms with Gasteiger partial charge in [0.15, 0.2) is 0 Å². The summed E-state index contributed by atoms with van der Waals surface area (Å²) in [6, 6.07) is 1.23. The van der Waals surface area contributed by atoms with Gasteiger partial charge in [-0.15, -0.1) is 0 Å². The third-order valence-electron chi connectivity index (χ3n) is 4.62. The highest BCUT2D eigenvalue weighted by Crippen LogP contribution is 2.20. The molecule has 2 fully saturated rings. The van der Waals surface area contributed by atoms with E-state index in [0.717, 1.165) is 19.5 Å². The van der Waals surface area contributed by atoms with Crippen LogP contribution >= 0.6 is 0 Å². The summed E-state index contributed by atoms with van der Waals surface area (Å²) in [6.45, 7) is 13.6. The highest BCUT2D eigenvalue weighted by molar-refractivity contribution is 5.68. The normalized spacial score (nSPS) is 29.5. The van der Waals surface area contributed by atoms with E-state index in [1.54, 1.807) is 12.0 Å². The van der Waals surface area contributed by atoms with Gasteiger partial charge in [0.25, 0.3) is 0 Å². The summed E-state index contributed by atoms with van der Waals surface area (Å²) in [5.74, 6) is 0. The average Bonchev–Trinajstić information content (AvgIpc) is 3.04. The number of likely N-dealkylation sites (tertiary alicyclic amines) is 2. The van der Waals surface area contributed by atoms with Crippen LogP contribution in [0.15, 0.2) is 0 Å². The molecule has 2 saturated heterocycles. The number of amides is 1. The number of nitrogens with one attached hydrogen (secondary N) is 1. The van der Waals surface area contributed by atoms with Gasteiger partial charge >= 0.3 is 6.09 Å². The topological polar surface area (TPSA) is 54.0 Å². The molecule has 0 aromatic rings. The Labute approximate surface area is 140 Å². The first kappa shape index (κ1) is 18.5. The molecule has 0 aromatic carbocycles. The minimum Gasteiger partial charge on any atom is -0.444 e. The number of ether oxygens (including phenoxy) is 2. The van der Waals surface area contributed by atoms with E-state index in [1.807, 2.05) is 20.8 Å². The zero-order chi connectivity index (χ0) is 17.2. The van der Waals surface area contributed by atoms with Crippen LogP contribution in [0.25, 0.3) is 0 Å². The van der Waals surface area contributed by atoms with Crippen molar-refractivity contribution >= 4 is 6.09 Å². The molecule has 0 aliphatic carbocycles. The molecule has 0 saturated carbocycles. The van der Waals surface area contributed by atoms with E-state index in [1.165, 1.54) is 0 Å². The highest BCUT2D eigenvalue weighted by Gasteiger charge is 2.39. The number of hydrogen-bond acceptors (Lipinski definition) is 5. The standard InChI is InChI=1S/C17H33N3O3/c1-12(2)19-8-7-13(9-19)18-14-10-20(11-15(14)22-6)16(21)23-17(3,4)5/h12-15,18H,7-11H2,1-6H3/t13?,14?,15-/m0/s1. The Morgan fingerprint density at radius 2 is 1.91 bits per heavy atom. The van der Waals surface area contributed by atoms with Crippen LogP contribution in [-0.2, 0) is 9.47 Å².